The van der Waals surface area contributed by atoms with Crippen LogP contribution in [0.5, 0.6) is 0 Å². The molecular weight excluding hydrogens is 374 g/mol. The van der Waals surface area contributed by atoms with E-state index < -0.39 is 40.0 Å². The van der Waals surface area contributed by atoms with E-state index in [0.717, 1.165) is 6.20 Å². The number of nitro groups is 1. The van der Waals surface area contributed by atoms with Crippen molar-refractivity contribution < 1.29 is 31.3 Å². The number of pyridine rings is 2. The lowest BCUT2D eigenvalue weighted by Crippen LogP contribution is -2.09. The zero-order valence-corrected chi connectivity index (χ0v) is 12.5. The van der Waals surface area contributed by atoms with E-state index in [9.17, 15) is 36.5 Å². The first-order valence-corrected chi connectivity index (χ1v) is 6.28. The molecule has 8 nitrogen and oxygen atoms in total. The molecule has 0 aliphatic rings. The van der Waals surface area contributed by atoms with Crippen LogP contribution in [0.2, 0.25) is 0 Å². The minimum absolute atomic E-state index is 0.0444. The predicted molar refractivity (Wildman–Crippen MR) is 78.4 cm³/mol. The van der Waals surface area contributed by atoms with Crippen LogP contribution in [-0.4, -0.2) is 14.9 Å². The maximum atomic E-state index is 12.0. The molecule has 26 heavy (non-hydrogen) atoms. The molecule has 14 heteroatoms. The Balaban J connectivity index is 0.000000263. The van der Waals surface area contributed by atoms with Gasteiger partial charge in [-0.1, -0.05) is 0 Å². The van der Waals surface area contributed by atoms with E-state index in [-0.39, 0.29) is 11.4 Å². The van der Waals surface area contributed by atoms with Gasteiger partial charge in [-0.05, 0) is 12.1 Å². The Labute approximate surface area is 140 Å². The standard InChI is InChI=1S/C6H4F3N3O2.C6H6F3N3/c7-6(8,9)5-1-3(10)4(2-11-5)12(13)14;7-6(8,9)5-1-3(10)4(11)2-12-5/h1-2H,(H2,10,11);1-2H,11H2,(H2,10,12). The molecule has 0 radical (unpaired) electrons. The fourth-order valence-electron chi connectivity index (χ4n) is 1.41. The van der Waals surface area contributed by atoms with Crippen LogP contribution in [0.25, 0.3) is 0 Å². The van der Waals surface area contributed by atoms with Crippen molar-refractivity contribution >= 4 is 22.7 Å². The molecule has 0 aromatic carbocycles. The van der Waals surface area contributed by atoms with Gasteiger partial charge in [0.15, 0.2) is 0 Å². The van der Waals surface area contributed by atoms with E-state index in [1.54, 1.807) is 0 Å². The molecule has 2 heterocycles. The van der Waals surface area contributed by atoms with Gasteiger partial charge in [0, 0.05) is 0 Å². The van der Waals surface area contributed by atoms with Gasteiger partial charge in [-0.3, -0.25) is 10.1 Å². The van der Waals surface area contributed by atoms with Gasteiger partial charge in [-0.15, -0.1) is 0 Å². The van der Waals surface area contributed by atoms with Gasteiger partial charge in [-0.2, -0.15) is 26.3 Å². The average Bonchev–Trinajstić information content (AvgIpc) is 2.48. The first kappa shape index (κ1) is 20.7. The summed E-state index contributed by atoms with van der Waals surface area (Å²) in [5.41, 5.74) is 11.8. The molecule has 0 fully saturated rings. The summed E-state index contributed by atoms with van der Waals surface area (Å²) in [7, 11) is 0. The Kier molecular flexibility index (Phi) is 5.81. The lowest BCUT2D eigenvalue weighted by Gasteiger charge is -2.06. The lowest BCUT2D eigenvalue weighted by molar-refractivity contribution is -0.384. The summed E-state index contributed by atoms with van der Waals surface area (Å²) in [5.74, 6) is 0. The van der Waals surface area contributed by atoms with Crippen LogP contribution in [0.1, 0.15) is 11.4 Å². The summed E-state index contributed by atoms with van der Waals surface area (Å²) < 4.78 is 71.9. The summed E-state index contributed by atoms with van der Waals surface area (Å²) in [6, 6.07) is 1.13. The zero-order chi connectivity index (χ0) is 20.3. The number of hydrogen-bond acceptors (Lipinski definition) is 7. The Hall–Kier alpha value is -3.32. The van der Waals surface area contributed by atoms with Crippen LogP contribution in [0.3, 0.4) is 0 Å². The first-order chi connectivity index (χ1) is 11.7. The van der Waals surface area contributed by atoms with E-state index in [1.165, 1.54) is 0 Å². The van der Waals surface area contributed by atoms with Gasteiger partial charge >= 0.3 is 18.0 Å². The fourth-order valence-corrected chi connectivity index (χ4v) is 1.41. The van der Waals surface area contributed by atoms with Crippen molar-refractivity contribution in [3.05, 3.63) is 46.0 Å². The van der Waals surface area contributed by atoms with Gasteiger partial charge in [0.1, 0.15) is 23.3 Å². The van der Waals surface area contributed by atoms with Crippen LogP contribution >= 0.6 is 0 Å². The van der Waals surface area contributed by atoms with Gasteiger partial charge in [0.05, 0.1) is 22.5 Å². The summed E-state index contributed by atoms with van der Waals surface area (Å²) in [6.45, 7) is 0. The fraction of sp³-hybridized carbons (Fsp3) is 0.167. The molecule has 6 N–H and O–H groups in total. The quantitative estimate of drug-likeness (QED) is 0.389. The number of anilines is 3. The van der Waals surface area contributed by atoms with Crippen LogP contribution in [0.15, 0.2) is 24.5 Å². The maximum absolute atomic E-state index is 12.0. The van der Waals surface area contributed by atoms with E-state index in [1.807, 2.05) is 0 Å². The molecule has 0 atom stereocenters. The SMILES string of the molecule is Nc1cc(C(F)(F)F)ncc1[N+](=O)[O-].Nc1cnc(C(F)(F)F)cc1N. The van der Waals surface area contributed by atoms with Crippen molar-refractivity contribution in [3.63, 3.8) is 0 Å². The highest BCUT2D eigenvalue weighted by atomic mass is 19.4. The van der Waals surface area contributed by atoms with E-state index in [2.05, 4.69) is 9.97 Å². The van der Waals surface area contributed by atoms with E-state index >= 15 is 0 Å². The van der Waals surface area contributed by atoms with E-state index in [0.29, 0.717) is 18.3 Å². The lowest BCUT2D eigenvalue weighted by atomic mass is 10.3. The van der Waals surface area contributed by atoms with Crippen molar-refractivity contribution in [2.24, 2.45) is 0 Å². The molecule has 0 aliphatic heterocycles. The highest BCUT2D eigenvalue weighted by Crippen LogP contribution is 2.31. The molecule has 2 rings (SSSR count). The van der Waals surface area contributed by atoms with Crippen LogP contribution in [-0.2, 0) is 12.4 Å². The second kappa shape index (κ2) is 7.28. The van der Waals surface area contributed by atoms with Crippen molar-refractivity contribution in [1.29, 1.82) is 0 Å². The topological polar surface area (TPSA) is 147 Å². The Morgan fingerprint density at radius 2 is 1.23 bits per heavy atom. The summed E-state index contributed by atoms with van der Waals surface area (Å²) in [6.07, 6.45) is -7.75. The number of halogens is 6. The summed E-state index contributed by atoms with van der Waals surface area (Å²) in [4.78, 5) is 15.3. The van der Waals surface area contributed by atoms with Crippen molar-refractivity contribution in [1.82, 2.24) is 9.97 Å². The van der Waals surface area contributed by atoms with E-state index in [4.69, 9.17) is 17.2 Å². The molecule has 0 aliphatic carbocycles. The molecule has 142 valence electrons. The highest BCUT2D eigenvalue weighted by molar-refractivity contribution is 5.62. The van der Waals surface area contributed by atoms with Gasteiger partial charge in [-0.25, -0.2) is 9.97 Å². The Morgan fingerprint density at radius 1 is 0.808 bits per heavy atom. The third-order valence-corrected chi connectivity index (χ3v) is 2.66. The largest absolute Gasteiger partial charge is 0.433 e. The highest BCUT2D eigenvalue weighted by Gasteiger charge is 2.34. The van der Waals surface area contributed by atoms with Crippen molar-refractivity contribution in [2.75, 3.05) is 17.2 Å². The first-order valence-electron chi connectivity index (χ1n) is 6.28. The molecule has 0 bridgehead atoms. The van der Waals surface area contributed by atoms with Gasteiger partial charge < -0.3 is 17.2 Å². The summed E-state index contributed by atoms with van der Waals surface area (Å²) in [5, 5.41) is 10.2. The monoisotopic (exact) mass is 384 g/mol. The molecule has 2 aromatic heterocycles. The smallest absolute Gasteiger partial charge is 0.397 e. The van der Waals surface area contributed by atoms with Crippen molar-refractivity contribution in [3.8, 4) is 0 Å². The van der Waals surface area contributed by atoms with Gasteiger partial charge in [0.2, 0.25) is 0 Å². The van der Waals surface area contributed by atoms with Crippen LogP contribution in [0, 0.1) is 10.1 Å². The number of aromatic nitrogens is 2. The molecular formula is C12H10F6N6O2. The number of alkyl halides is 6. The molecule has 0 amide bonds. The second-order valence-electron chi connectivity index (χ2n) is 4.58. The molecule has 0 saturated carbocycles. The molecule has 0 spiro atoms. The molecule has 2 aromatic rings. The summed E-state index contributed by atoms with van der Waals surface area (Å²) >= 11 is 0. The molecule has 0 unspecified atom stereocenters. The molecule has 0 saturated heterocycles. The normalized spacial score (nSPS) is 11.5. The number of nitrogens with two attached hydrogens (primary N) is 3. The average molecular weight is 384 g/mol. The third-order valence-electron chi connectivity index (χ3n) is 2.66. The van der Waals surface area contributed by atoms with Crippen LogP contribution in [0.4, 0.5) is 49.1 Å². The Morgan fingerprint density at radius 3 is 1.58 bits per heavy atom. The minimum atomic E-state index is -4.65. The maximum Gasteiger partial charge on any atom is 0.433 e. The number of nitrogen functional groups attached to an aromatic ring is 3. The predicted octanol–water partition coefficient (Wildman–Crippen LogP) is 2.86. The second-order valence-corrected chi connectivity index (χ2v) is 4.58. The van der Waals surface area contributed by atoms with Crippen LogP contribution < -0.4 is 17.2 Å². The Bertz CT molecular complexity index is 808. The third kappa shape index (κ3) is 5.35. The van der Waals surface area contributed by atoms with Crippen molar-refractivity contribution in [2.45, 2.75) is 12.4 Å². The minimum Gasteiger partial charge on any atom is -0.397 e. The number of nitrogens with zero attached hydrogens (tertiary/aromatic N) is 3. The number of rotatable bonds is 1. The zero-order valence-electron chi connectivity index (χ0n) is 12.5. The number of hydrogen-bond donors (Lipinski definition) is 3. The van der Waals surface area contributed by atoms with Gasteiger partial charge in [0.25, 0.3) is 0 Å².